The molecule has 2 aromatic rings. The first-order valence-corrected chi connectivity index (χ1v) is 7.31. The van der Waals surface area contributed by atoms with Gasteiger partial charge in [0.05, 0.1) is 5.52 Å². The average molecular weight is 356 g/mol. The fraction of sp³-hybridized carbons (Fsp3) is 0.308. The molecule has 0 saturated carbocycles. The molecule has 1 heterocycles. The van der Waals surface area contributed by atoms with E-state index in [1.54, 1.807) is 0 Å². The molecule has 0 bridgehead atoms. The van der Waals surface area contributed by atoms with Crippen molar-refractivity contribution in [3.8, 4) is 0 Å². The number of aromatic nitrogens is 1. The summed E-state index contributed by atoms with van der Waals surface area (Å²) in [6, 6.07) is 4.07. The molecule has 3 rings (SSSR count). The average Bonchev–Trinajstić information content (AvgIpc) is 2.31. The Balaban J connectivity index is 2.40. The number of fused-ring (bicyclic) bond motifs is 2. The van der Waals surface area contributed by atoms with Crippen LogP contribution < -0.4 is 5.73 Å². The summed E-state index contributed by atoms with van der Waals surface area (Å²) >= 11 is 7.06. The van der Waals surface area contributed by atoms with Crippen LogP contribution in [0.1, 0.15) is 24.1 Å². The molecule has 0 unspecified atom stereocenters. The van der Waals surface area contributed by atoms with Crippen LogP contribution in [0.15, 0.2) is 21.1 Å². The maximum atomic E-state index is 6.30. The highest BCUT2D eigenvalue weighted by atomic mass is 79.9. The molecular formula is C13H12Br2N2. The van der Waals surface area contributed by atoms with Crippen LogP contribution in [0.25, 0.3) is 10.9 Å². The molecule has 17 heavy (non-hydrogen) atoms. The summed E-state index contributed by atoms with van der Waals surface area (Å²) in [5.41, 5.74) is 10.6. The number of hydrogen-bond donors (Lipinski definition) is 1. The van der Waals surface area contributed by atoms with Crippen LogP contribution in [0.2, 0.25) is 0 Å². The van der Waals surface area contributed by atoms with Crippen LogP contribution in [0.4, 0.5) is 5.69 Å². The van der Waals surface area contributed by atoms with E-state index in [4.69, 9.17) is 10.7 Å². The van der Waals surface area contributed by atoms with Gasteiger partial charge in [-0.15, -0.1) is 0 Å². The topological polar surface area (TPSA) is 38.9 Å². The van der Waals surface area contributed by atoms with Crippen molar-refractivity contribution >= 4 is 48.5 Å². The minimum Gasteiger partial charge on any atom is -0.398 e. The van der Waals surface area contributed by atoms with Crippen LogP contribution in [0.3, 0.4) is 0 Å². The predicted molar refractivity (Wildman–Crippen MR) is 78.2 cm³/mol. The lowest BCUT2D eigenvalue weighted by molar-refractivity contribution is 0.673. The van der Waals surface area contributed by atoms with Crippen molar-refractivity contribution in [1.82, 2.24) is 4.98 Å². The second-order valence-electron chi connectivity index (χ2n) is 4.44. The molecule has 0 aliphatic heterocycles. The summed E-state index contributed by atoms with van der Waals surface area (Å²) in [6.07, 6.45) is 4.56. The van der Waals surface area contributed by atoms with E-state index in [1.807, 2.05) is 6.07 Å². The van der Waals surface area contributed by atoms with Gasteiger partial charge in [-0.3, -0.25) is 4.98 Å². The highest BCUT2D eigenvalue weighted by molar-refractivity contribution is 9.11. The maximum Gasteiger partial charge on any atom is 0.0868 e. The molecule has 0 fully saturated rings. The van der Waals surface area contributed by atoms with Crippen molar-refractivity contribution < 1.29 is 0 Å². The van der Waals surface area contributed by atoms with Gasteiger partial charge in [-0.2, -0.15) is 0 Å². The van der Waals surface area contributed by atoms with E-state index < -0.39 is 0 Å². The third-order valence-electron chi connectivity index (χ3n) is 3.33. The Morgan fingerprint density at radius 3 is 2.71 bits per heavy atom. The molecule has 1 aliphatic rings. The van der Waals surface area contributed by atoms with E-state index in [-0.39, 0.29) is 0 Å². The van der Waals surface area contributed by atoms with E-state index in [1.165, 1.54) is 24.1 Å². The molecule has 1 aromatic heterocycles. The quantitative estimate of drug-likeness (QED) is 0.768. The summed E-state index contributed by atoms with van der Waals surface area (Å²) in [5.74, 6) is 0. The number of pyridine rings is 1. The number of nitrogens with two attached hydrogens (primary N) is 1. The largest absolute Gasteiger partial charge is 0.398 e. The molecule has 2 nitrogen and oxygen atoms in total. The molecule has 1 aliphatic carbocycles. The van der Waals surface area contributed by atoms with E-state index >= 15 is 0 Å². The first-order valence-electron chi connectivity index (χ1n) is 5.73. The minimum absolute atomic E-state index is 0.909. The third kappa shape index (κ3) is 1.87. The van der Waals surface area contributed by atoms with Gasteiger partial charge >= 0.3 is 0 Å². The van der Waals surface area contributed by atoms with Crippen molar-refractivity contribution in [1.29, 1.82) is 0 Å². The molecule has 0 spiro atoms. The van der Waals surface area contributed by atoms with Crippen LogP contribution >= 0.6 is 31.9 Å². The number of anilines is 1. The van der Waals surface area contributed by atoms with Gasteiger partial charge in [0.2, 0.25) is 0 Å². The number of benzene rings is 1. The van der Waals surface area contributed by atoms with Crippen molar-refractivity contribution in [3.05, 3.63) is 32.3 Å². The van der Waals surface area contributed by atoms with Crippen LogP contribution in [0.5, 0.6) is 0 Å². The van der Waals surface area contributed by atoms with Crippen molar-refractivity contribution in [2.75, 3.05) is 5.73 Å². The molecule has 0 saturated heterocycles. The Labute approximate surface area is 117 Å². The normalized spacial score (nSPS) is 14.9. The molecule has 0 radical (unpaired) electrons. The van der Waals surface area contributed by atoms with Crippen LogP contribution in [0, 0.1) is 0 Å². The van der Waals surface area contributed by atoms with Gasteiger partial charge in [0.1, 0.15) is 0 Å². The van der Waals surface area contributed by atoms with Crippen molar-refractivity contribution in [2.24, 2.45) is 0 Å². The summed E-state index contributed by atoms with van der Waals surface area (Å²) in [4.78, 5) is 4.77. The third-order valence-corrected chi connectivity index (χ3v) is 4.39. The zero-order valence-corrected chi connectivity index (χ0v) is 12.4. The highest BCUT2D eigenvalue weighted by Gasteiger charge is 2.17. The highest BCUT2D eigenvalue weighted by Crippen LogP contribution is 2.35. The second kappa shape index (κ2) is 4.25. The zero-order chi connectivity index (χ0) is 12.0. The minimum atomic E-state index is 0.909. The number of aryl methyl sites for hydroxylation is 1. The summed E-state index contributed by atoms with van der Waals surface area (Å²) < 4.78 is 2.03. The Bertz CT molecular complexity index is 608. The summed E-state index contributed by atoms with van der Waals surface area (Å²) in [7, 11) is 0. The lowest BCUT2D eigenvalue weighted by Crippen LogP contribution is -2.09. The van der Waals surface area contributed by atoms with Gasteiger partial charge in [-0.1, -0.05) is 15.9 Å². The van der Waals surface area contributed by atoms with E-state index in [2.05, 4.69) is 37.9 Å². The molecule has 0 atom stereocenters. The van der Waals surface area contributed by atoms with Crippen molar-refractivity contribution in [3.63, 3.8) is 0 Å². The van der Waals surface area contributed by atoms with E-state index in [0.717, 1.165) is 38.4 Å². The Morgan fingerprint density at radius 1 is 1.12 bits per heavy atom. The first kappa shape index (κ1) is 11.5. The molecule has 2 N–H and O–H groups in total. The lowest BCUT2D eigenvalue weighted by atomic mass is 9.93. The van der Waals surface area contributed by atoms with E-state index in [0.29, 0.717) is 0 Å². The van der Waals surface area contributed by atoms with Gasteiger partial charge < -0.3 is 5.73 Å². The Morgan fingerprint density at radius 2 is 1.88 bits per heavy atom. The standard InChI is InChI=1S/C13H12Br2N2/c14-7-5-9-12(16)8-3-1-2-4-11(8)17-13(9)10(15)6-7/h5-6H,1-4H2,(H2,16,17). The van der Waals surface area contributed by atoms with E-state index in [9.17, 15) is 0 Å². The number of rotatable bonds is 0. The first-order chi connectivity index (χ1) is 8.16. The Kier molecular flexibility index (Phi) is 2.87. The molecular weight excluding hydrogens is 344 g/mol. The number of nitrogen functional groups attached to an aromatic ring is 1. The van der Waals surface area contributed by atoms with Gasteiger partial charge in [0.15, 0.2) is 0 Å². The summed E-state index contributed by atoms with van der Waals surface area (Å²) in [5, 5.41) is 1.05. The number of hydrogen-bond acceptors (Lipinski definition) is 2. The molecule has 4 heteroatoms. The monoisotopic (exact) mass is 354 g/mol. The fourth-order valence-corrected chi connectivity index (χ4v) is 3.80. The van der Waals surface area contributed by atoms with Gasteiger partial charge in [-0.05, 0) is 59.3 Å². The Hall–Kier alpha value is -0.610. The number of nitrogens with zero attached hydrogens (tertiary/aromatic N) is 1. The molecule has 1 aromatic carbocycles. The second-order valence-corrected chi connectivity index (χ2v) is 6.21. The van der Waals surface area contributed by atoms with Crippen LogP contribution in [-0.4, -0.2) is 4.98 Å². The SMILES string of the molecule is Nc1c2c(nc3c(Br)cc(Br)cc13)CCCC2. The van der Waals surface area contributed by atoms with Crippen molar-refractivity contribution in [2.45, 2.75) is 25.7 Å². The smallest absolute Gasteiger partial charge is 0.0868 e. The number of halogens is 2. The molecule has 0 amide bonds. The lowest BCUT2D eigenvalue weighted by Gasteiger charge is -2.19. The fourth-order valence-electron chi connectivity index (χ4n) is 2.49. The summed E-state index contributed by atoms with van der Waals surface area (Å²) in [6.45, 7) is 0. The maximum absolute atomic E-state index is 6.30. The van der Waals surface area contributed by atoms with Gasteiger partial charge in [0.25, 0.3) is 0 Å². The molecule has 88 valence electrons. The zero-order valence-electron chi connectivity index (χ0n) is 9.26. The predicted octanol–water partition coefficient (Wildman–Crippen LogP) is 4.22. The van der Waals surface area contributed by atoms with Gasteiger partial charge in [0, 0.05) is 25.7 Å². The van der Waals surface area contributed by atoms with Gasteiger partial charge in [-0.25, -0.2) is 0 Å². The van der Waals surface area contributed by atoms with Crippen LogP contribution in [-0.2, 0) is 12.8 Å².